The van der Waals surface area contributed by atoms with Crippen molar-refractivity contribution in [1.29, 1.82) is 0 Å². The lowest BCUT2D eigenvalue weighted by molar-refractivity contribution is 0.416. The van der Waals surface area contributed by atoms with Gasteiger partial charge in [0, 0.05) is 5.56 Å². The number of benzene rings is 1. The van der Waals surface area contributed by atoms with Gasteiger partial charge in [-0.3, -0.25) is 9.97 Å². The van der Waals surface area contributed by atoms with Crippen LogP contribution in [-0.2, 0) is 0 Å². The number of nitrogens with zero attached hydrogens (tertiary/aromatic N) is 2. The van der Waals surface area contributed by atoms with Gasteiger partial charge in [0.05, 0.1) is 25.2 Å². The van der Waals surface area contributed by atoms with Crippen LogP contribution in [0.5, 0.6) is 5.75 Å². The highest BCUT2D eigenvalue weighted by Crippen LogP contribution is 2.26. The van der Waals surface area contributed by atoms with Gasteiger partial charge in [0.25, 0.3) is 0 Å². The van der Waals surface area contributed by atoms with E-state index in [9.17, 15) is 0 Å². The predicted octanol–water partition coefficient (Wildman–Crippen LogP) is 1.95. The molecule has 2 aromatic rings. The van der Waals surface area contributed by atoms with Crippen LogP contribution in [0.2, 0.25) is 0 Å². The fourth-order valence-electron chi connectivity index (χ4n) is 1.26. The molecule has 3 nitrogen and oxygen atoms in total. The quantitative estimate of drug-likeness (QED) is 0.717. The molecule has 0 saturated carbocycles. The molecule has 0 N–H and O–H groups in total. The van der Waals surface area contributed by atoms with Crippen LogP contribution in [0.15, 0.2) is 36.7 Å². The number of hydrogen-bond acceptors (Lipinski definition) is 3. The normalized spacial score (nSPS) is 9.79. The molecule has 69 valence electrons. The van der Waals surface area contributed by atoms with Crippen molar-refractivity contribution in [3.8, 4) is 17.0 Å². The monoisotopic (exact) mass is 185 g/mol. The highest BCUT2D eigenvalue weighted by atomic mass is 16.5. The molecule has 0 aliphatic heterocycles. The second-order valence-corrected chi connectivity index (χ2v) is 2.73. The summed E-state index contributed by atoms with van der Waals surface area (Å²) in [5.74, 6) is 0.799. The van der Waals surface area contributed by atoms with Gasteiger partial charge >= 0.3 is 0 Å². The third kappa shape index (κ3) is 1.57. The first-order valence-corrected chi connectivity index (χ1v) is 4.23. The van der Waals surface area contributed by atoms with Gasteiger partial charge in [0.15, 0.2) is 0 Å². The van der Waals surface area contributed by atoms with Gasteiger partial charge in [0.2, 0.25) is 0 Å². The van der Waals surface area contributed by atoms with E-state index in [0.717, 1.165) is 17.0 Å². The van der Waals surface area contributed by atoms with Crippen molar-refractivity contribution in [1.82, 2.24) is 9.97 Å². The van der Waals surface area contributed by atoms with E-state index >= 15 is 0 Å². The maximum absolute atomic E-state index is 5.22. The third-order valence-electron chi connectivity index (χ3n) is 1.91. The first kappa shape index (κ1) is 8.69. The summed E-state index contributed by atoms with van der Waals surface area (Å²) in [5.41, 5.74) is 1.73. The topological polar surface area (TPSA) is 35.0 Å². The molecule has 14 heavy (non-hydrogen) atoms. The molecule has 0 unspecified atom stereocenters. The number of methoxy groups -OCH3 is 1. The number of hydrogen-bond donors (Lipinski definition) is 0. The van der Waals surface area contributed by atoms with Gasteiger partial charge in [-0.25, -0.2) is 0 Å². The molecule has 0 aliphatic carbocycles. The minimum Gasteiger partial charge on any atom is -0.496 e. The third-order valence-corrected chi connectivity index (χ3v) is 1.91. The van der Waals surface area contributed by atoms with Crippen LogP contribution in [0.25, 0.3) is 11.3 Å². The standard InChI is InChI=1S/C11H9N2O/c1-14-11-5-3-2-4-9(11)10-8-12-6-7-13-10/h2-5,7-8H,1H3. The highest BCUT2D eigenvalue weighted by Gasteiger charge is 2.04. The van der Waals surface area contributed by atoms with Gasteiger partial charge in [0.1, 0.15) is 11.9 Å². The molecule has 2 rings (SSSR count). The fraction of sp³-hybridized carbons (Fsp3) is 0.0909. The van der Waals surface area contributed by atoms with Crippen LogP contribution in [0.4, 0.5) is 0 Å². The van der Waals surface area contributed by atoms with Crippen molar-refractivity contribution in [2.24, 2.45) is 0 Å². The number of ether oxygens (including phenoxy) is 1. The molecule has 0 spiro atoms. The summed E-state index contributed by atoms with van der Waals surface area (Å²) < 4.78 is 5.22. The van der Waals surface area contributed by atoms with Crippen LogP contribution in [0.3, 0.4) is 0 Å². The minimum absolute atomic E-state index is 0.793. The number of rotatable bonds is 2. The molecule has 1 aromatic heterocycles. The molecule has 0 aliphatic rings. The second kappa shape index (κ2) is 3.87. The van der Waals surface area contributed by atoms with E-state index in [-0.39, 0.29) is 0 Å². The van der Waals surface area contributed by atoms with Gasteiger partial charge < -0.3 is 4.74 Å². The summed E-state index contributed by atoms with van der Waals surface area (Å²) in [7, 11) is 1.64. The number of aromatic nitrogens is 2. The van der Waals surface area contributed by atoms with Crippen LogP contribution >= 0.6 is 0 Å². The van der Waals surface area contributed by atoms with E-state index in [1.807, 2.05) is 24.3 Å². The predicted molar refractivity (Wildman–Crippen MR) is 52.9 cm³/mol. The summed E-state index contributed by atoms with van der Waals surface area (Å²) in [4.78, 5) is 8.05. The van der Waals surface area contributed by atoms with Gasteiger partial charge in [-0.15, -0.1) is 0 Å². The Kier molecular flexibility index (Phi) is 2.40. The molecule has 3 heteroatoms. The van der Waals surface area contributed by atoms with Crippen molar-refractivity contribution in [3.63, 3.8) is 0 Å². The molecule has 1 heterocycles. The lowest BCUT2D eigenvalue weighted by atomic mass is 10.1. The minimum atomic E-state index is 0.793. The van der Waals surface area contributed by atoms with Crippen LogP contribution in [0, 0.1) is 6.20 Å². The van der Waals surface area contributed by atoms with Crippen molar-refractivity contribution in [2.45, 2.75) is 0 Å². The van der Waals surface area contributed by atoms with E-state index in [1.165, 1.54) is 0 Å². The fourth-order valence-corrected chi connectivity index (χ4v) is 1.26. The van der Waals surface area contributed by atoms with Crippen LogP contribution in [-0.4, -0.2) is 17.1 Å². The van der Waals surface area contributed by atoms with E-state index in [2.05, 4.69) is 16.2 Å². The molecular weight excluding hydrogens is 176 g/mol. The summed E-state index contributed by atoms with van der Waals surface area (Å²) >= 11 is 0. The molecule has 0 amide bonds. The Balaban J connectivity index is 2.51. The number of para-hydroxylation sites is 1. The molecule has 0 bridgehead atoms. The second-order valence-electron chi connectivity index (χ2n) is 2.73. The zero-order valence-electron chi connectivity index (χ0n) is 7.77. The smallest absolute Gasteiger partial charge is 0.128 e. The van der Waals surface area contributed by atoms with Crippen molar-refractivity contribution < 1.29 is 4.74 Å². The van der Waals surface area contributed by atoms with Crippen LogP contribution in [0.1, 0.15) is 0 Å². The Morgan fingerprint density at radius 1 is 1.29 bits per heavy atom. The Morgan fingerprint density at radius 2 is 2.14 bits per heavy atom. The zero-order valence-corrected chi connectivity index (χ0v) is 7.77. The summed E-state index contributed by atoms with van der Waals surface area (Å²) in [5, 5.41) is 0. The van der Waals surface area contributed by atoms with Crippen molar-refractivity contribution in [3.05, 3.63) is 42.9 Å². The molecule has 0 fully saturated rings. The van der Waals surface area contributed by atoms with E-state index in [4.69, 9.17) is 4.74 Å². The van der Waals surface area contributed by atoms with Crippen molar-refractivity contribution in [2.75, 3.05) is 7.11 Å². The molecule has 1 radical (unpaired) electrons. The Hall–Kier alpha value is -1.90. The molecular formula is C11H9N2O. The maximum Gasteiger partial charge on any atom is 0.128 e. The average Bonchev–Trinajstić information content (AvgIpc) is 2.30. The lowest BCUT2D eigenvalue weighted by Gasteiger charge is -2.05. The van der Waals surface area contributed by atoms with E-state index < -0.39 is 0 Å². The first-order valence-electron chi connectivity index (χ1n) is 4.23. The highest BCUT2D eigenvalue weighted by molar-refractivity contribution is 5.65. The van der Waals surface area contributed by atoms with E-state index in [0.29, 0.717) is 0 Å². The lowest BCUT2D eigenvalue weighted by Crippen LogP contribution is -1.89. The Morgan fingerprint density at radius 3 is 2.86 bits per heavy atom. The summed E-state index contributed by atoms with van der Waals surface area (Å²) in [6.07, 6.45) is 5.85. The molecule has 0 atom stereocenters. The van der Waals surface area contributed by atoms with Crippen LogP contribution < -0.4 is 4.74 Å². The average molecular weight is 185 g/mol. The largest absolute Gasteiger partial charge is 0.496 e. The van der Waals surface area contributed by atoms with Gasteiger partial charge in [-0.05, 0) is 12.1 Å². The summed E-state index contributed by atoms with van der Waals surface area (Å²) in [6, 6.07) is 7.71. The van der Waals surface area contributed by atoms with Gasteiger partial charge in [-0.1, -0.05) is 12.1 Å². The zero-order chi connectivity index (χ0) is 9.80. The van der Waals surface area contributed by atoms with Gasteiger partial charge in [-0.2, -0.15) is 0 Å². The Bertz CT molecular complexity index is 415. The maximum atomic E-state index is 5.22. The first-order chi connectivity index (χ1) is 6.92. The summed E-state index contributed by atoms with van der Waals surface area (Å²) in [6.45, 7) is 0. The molecule has 1 aromatic carbocycles. The van der Waals surface area contributed by atoms with E-state index in [1.54, 1.807) is 19.5 Å². The van der Waals surface area contributed by atoms with Crippen molar-refractivity contribution >= 4 is 0 Å². The Labute approximate surface area is 82.4 Å². The molecule has 0 saturated heterocycles. The SMILES string of the molecule is COc1ccccc1-c1cn[c]cn1.